The number of carbonyl (C=O) groups is 3. The summed E-state index contributed by atoms with van der Waals surface area (Å²) in [6.07, 6.45) is 1.44. The Labute approximate surface area is 116 Å². The molecule has 1 aromatic carbocycles. The number of aliphatic carboxylic acids is 1. The molecule has 0 atom stereocenters. The minimum atomic E-state index is -1.47. The van der Waals surface area contributed by atoms with Crippen molar-refractivity contribution in [2.24, 2.45) is 0 Å². The Morgan fingerprint density at radius 1 is 1.30 bits per heavy atom. The van der Waals surface area contributed by atoms with E-state index in [9.17, 15) is 19.5 Å². The minimum Gasteiger partial charge on any atom is -0.545 e. The number of amides is 1. The number of rotatable bonds is 6. The van der Waals surface area contributed by atoms with Crippen LogP contribution in [0, 0.1) is 0 Å². The monoisotopic (exact) mass is 276 g/mol. The van der Waals surface area contributed by atoms with Crippen LogP contribution in [0.15, 0.2) is 30.4 Å². The number of ketones is 1. The van der Waals surface area contributed by atoms with Crippen LogP contribution in [-0.2, 0) is 9.59 Å². The molecule has 0 heterocycles. The quantitative estimate of drug-likeness (QED) is 0.604. The van der Waals surface area contributed by atoms with Crippen LogP contribution in [0.3, 0.4) is 0 Å². The lowest BCUT2D eigenvalue weighted by atomic mass is 10.1. The van der Waals surface area contributed by atoms with E-state index in [0.29, 0.717) is 29.7 Å². The van der Waals surface area contributed by atoms with Gasteiger partial charge in [0.05, 0.1) is 18.3 Å². The molecule has 0 aliphatic carbocycles. The van der Waals surface area contributed by atoms with Gasteiger partial charge in [-0.15, -0.1) is 0 Å². The Bertz CT molecular complexity index is 563. The fraction of sp³-hybridized carbons (Fsp3) is 0.214. The van der Waals surface area contributed by atoms with Crippen molar-refractivity contribution in [1.29, 1.82) is 0 Å². The van der Waals surface area contributed by atoms with Crippen LogP contribution >= 0.6 is 0 Å². The third-order valence-corrected chi connectivity index (χ3v) is 2.31. The number of carboxylic acid groups (broad SMARTS) is 1. The van der Waals surface area contributed by atoms with Crippen molar-refractivity contribution >= 4 is 23.3 Å². The normalized spacial score (nSPS) is 10.3. The molecule has 1 amide bonds. The van der Waals surface area contributed by atoms with Gasteiger partial charge in [0.1, 0.15) is 5.75 Å². The lowest BCUT2D eigenvalue weighted by Crippen LogP contribution is -2.20. The van der Waals surface area contributed by atoms with Gasteiger partial charge in [0, 0.05) is 11.6 Å². The number of anilines is 1. The summed E-state index contributed by atoms with van der Waals surface area (Å²) in [5, 5.41) is 12.7. The fourth-order valence-electron chi connectivity index (χ4n) is 1.45. The van der Waals surface area contributed by atoms with Gasteiger partial charge in [0.25, 0.3) is 0 Å². The maximum Gasteiger partial charge on any atom is 0.248 e. The zero-order chi connectivity index (χ0) is 15.1. The zero-order valence-electron chi connectivity index (χ0n) is 11.1. The van der Waals surface area contributed by atoms with Gasteiger partial charge in [0.2, 0.25) is 5.91 Å². The highest BCUT2D eigenvalue weighted by Gasteiger charge is 2.09. The molecule has 106 valence electrons. The van der Waals surface area contributed by atoms with E-state index < -0.39 is 11.9 Å². The van der Waals surface area contributed by atoms with E-state index in [1.807, 2.05) is 0 Å². The van der Waals surface area contributed by atoms with Crippen molar-refractivity contribution in [3.8, 4) is 5.75 Å². The van der Waals surface area contributed by atoms with Gasteiger partial charge in [-0.25, -0.2) is 0 Å². The molecule has 6 nitrogen and oxygen atoms in total. The predicted octanol–water partition coefficient (Wildman–Crippen LogP) is 0.532. The maximum atomic E-state index is 11.5. The molecule has 0 spiro atoms. The summed E-state index contributed by atoms with van der Waals surface area (Å²) in [5.41, 5.74) is 0.709. The van der Waals surface area contributed by atoms with Crippen LogP contribution in [-0.4, -0.2) is 24.3 Å². The van der Waals surface area contributed by atoms with E-state index in [1.54, 1.807) is 19.1 Å². The summed E-state index contributed by atoms with van der Waals surface area (Å²) in [6.45, 7) is 3.56. The number of hydrogen-bond acceptors (Lipinski definition) is 5. The molecule has 0 aromatic heterocycles. The summed E-state index contributed by atoms with van der Waals surface area (Å²) >= 11 is 0. The molecule has 0 fully saturated rings. The minimum absolute atomic E-state index is 0.158. The number of carbonyl (C=O) groups excluding carboxylic acids is 3. The Hall–Kier alpha value is -2.63. The van der Waals surface area contributed by atoms with Gasteiger partial charge in [-0.3, -0.25) is 9.59 Å². The van der Waals surface area contributed by atoms with Crippen LogP contribution in [0.5, 0.6) is 5.75 Å². The Balaban J connectivity index is 3.00. The lowest BCUT2D eigenvalue weighted by molar-refractivity contribution is -0.297. The average Bonchev–Trinajstić information content (AvgIpc) is 2.38. The van der Waals surface area contributed by atoms with E-state index in [-0.39, 0.29) is 5.78 Å². The molecule has 1 rings (SSSR count). The van der Waals surface area contributed by atoms with Gasteiger partial charge in [-0.2, -0.15) is 0 Å². The second-order valence-corrected chi connectivity index (χ2v) is 3.84. The summed E-state index contributed by atoms with van der Waals surface area (Å²) in [6, 6.07) is 4.62. The summed E-state index contributed by atoms with van der Waals surface area (Å²) in [4.78, 5) is 33.1. The van der Waals surface area contributed by atoms with Gasteiger partial charge < -0.3 is 20.0 Å². The third kappa shape index (κ3) is 4.56. The smallest absolute Gasteiger partial charge is 0.248 e. The van der Waals surface area contributed by atoms with Gasteiger partial charge in [-0.1, -0.05) is 0 Å². The highest BCUT2D eigenvalue weighted by atomic mass is 16.5. The van der Waals surface area contributed by atoms with Crippen LogP contribution in [0.1, 0.15) is 24.2 Å². The van der Waals surface area contributed by atoms with Crippen LogP contribution in [0.4, 0.5) is 5.69 Å². The average molecular weight is 276 g/mol. The number of Topliss-reactive ketones (excluding diaryl/α,β-unsaturated/α-hetero) is 1. The van der Waals surface area contributed by atoms with Crippen molar-refractivity contribution in [1.82, 2.24) is 0 Å². The molecule has 0 aliphatic rings. The molecule has 0 saturated heterocycles. The van der Waals surface area contributed by atoms with E-state index in [2.05, 4.69) is 5.32 Å². The Morgan fingerprint density at radius 2 is 2.00 bits per heavy atom. The van der Waals surface area contributed by atoms with Crippen molar-refractivity contribution < 1.29 is 24.2 Å². The number of carboxylic acids is 1. The molecule has 0 unspecified atom stereocenters. The SMILES string of the molecule is CCOc1ccc(C(C)=O)cc1NC(=O)C=CC(=O)[O-]. The van der Waals surface area contributed by atoms with E-state index >= 15 is 0 Å². The number of hydrogen-bond donors (Lipinski definition) is 1. The zero-order valence-corrected chi connectivity index (χ0v) is 11.1. The molecule has 0 aliphatic heterocycles. The van der Waals surface area contributed by atoms with Crippen LogP contribution in [0.25, 0.3) is 0 Å². The van der Waals surface area contributed by atoms with Gasteiger partial charge >= 0.3 is 0 Å². The first-order valence-corrected chi connectivity index (χ1v) is 5.92. The van der Waals surface area contributed by atoms with E-state index in [0.717, 1.165) is 6.08 Å². The molecule has 0 bridgehead atoms. The van der Waals surface area contributed by atoms with Crippen LogP contribution < -0.4 is 15.2 Å². The molecule has 0 saturated carbocycles. The third-order valence-electron chi connectivity index (χ3n) is 2.31. The molecule has 0 radical (unpaired) electrons. The molecule has 6 heteroatoms. The van der Waals surface area contributed by atoms with E-state index in [4.69, 9.17) is 4.74 Å². The Morgan fingerprint density at radius 3 is 2.55 bits per heavy atom. The fourth-order valence-corrected chi connectivity index (χ4v) is 1.45. The molecular formula is C14H14NO5-. The summed E-state index contributed by atoms with van der Waals surface area (Å²) in [5.74, 6) is -1.89. The predicted molar refractivity (Wildman–Crippen MR) is 70.4 cm³/mol. The van der Waals surface area contributed by atoms with E-state index in [1.165, 1.54) is 13.0 Å². The largest absolute Gasteiger partial charge is 0.545 e. The summed E-state index contributed by atoms with van der Waals surface area (Å²) < 4.78 is 5.32. The number of nitrogens with one attached hydrogen (secondary N) is 1. The second kappa shape index (κ2) is 7.08. The number of benzene rings is 1. The molecule has 1 N–H and O–H groups in total. The highest BCUT2D eigenvalue weighted by molar-refractivity contribution is 6.04. The van der Waals surface area contributed by atoms with Crippen LogP contribution in [0.2, 0.25) is 0 Å². The molecule has 1 aromatic rings. The first-order chi connectivity index (χ1) is 9.43. The lowest BCUT2D eigenvalue weighted by Gasteiger charge is -2.11. The number of ether oxygens (including phenoxy) is 1. The first-order valence-electron chi connectivity index (χ1n) is 5.92. The van der Waals surface area contributed by atoms with Gasteiger partial charge in [-0.05, 0) is 38.1 Å². The standard InChI is InChI=1S/C14H15NO5/c1-3-20-12-5-4-10(9(2)16)8-11(12)15-13(17)6-7-14(18)19/h4-8H,3H2,1-2H3,(H,15,17)(H,18,19)/p-1. The summed E-state index contributed by atoms with van der Waals surface area (Å²) in [7, 11) is 0. The van der Waals surface area contributed by atoms with Gasteiger partial charge in [0.15, 0.2) is 5.78 Å². The molecular weight excluding hydrogens is 262 g/mol. The first kappa shape index (κ1) is 15.4. The molecule has 20 heavy (non-hydrogen) atoms. The highest BCUT2D eigenvalue weighted by Crippen LogP contribution is 2.26. The van der Waals surface area contributed by atoms with Crippen molar-refractivity contribution in [2.75, 3.05) is 11.9 Å². The second-order valence-electron chi connectivity index (χ2n) is 3.84. The van der Waals surface area contributed by atoms with Crippen molar-refractivity contribution in [3.63, 3.8) is 0 Å². The Kier molecular flexibility index (Phi) is 5.46. The maximum absolute atomic E-state index is 11.5. The topological polar surface area (TPSA) is 95.5 Å². The van der Waals surface area contributed by atoms with Crippen molar-refractivity contribution in [3.05, 3.63) is 35.9 Å². The van der Waals surface area contributed by atoms with Crippen molar-refractivity contribution in [2.45, 2.75) is 13.8 Å².